The minimum absolute atomic E-state index is 0.631. The molecule has 0 radical (unpaired) electrons. The molecule has 0 unspecified atom stereocenters. The van der Waals surface area contributed by atoms with Crippen LogP contribution in [-0.4, -0.2) is 13.1 Å². The first-order chi connectivity index (χ1) is 4.18. The first-order valence-corrected chi connectivity index (χ1v) is 2.97. The van der Waals surface area contributed by atoms with Crippen LogP contribution in [0.1, 0.15) is 6.92 Å². The summed E-state index contributed by atoms with van der Waals surface area (Å²) < 4.78 is 0. The summed E-state index contributed by atoms with van der Waals surface area (Å²) >= 11 is 0. The molecule has 0 amide bonds. The molecule has 0 aliphatic rings. The van der Waals surface area contributed by atoms with Crippen molar-refractivity contribution < 1.29 is 0 Å². The van der Waals surface area contributed by atoms with E-state index in [2.05, 4.69) is 18.5 Å². The van der Waals surface area contributed by atoms with E-state index >= 15 is 0 Å². The standard InChI is InChI=1S/C7H14N2/c1-6(2)7(3)9-5-4-8/h9H,1,3-5,8H2,2H3. The predicted molar refractivity (Wildman–Crippen MR) is 41.0 cm³/mol. The quantitative estimate of drug-likeness (QED) is 0.542. The molecule has 52 valence electrons. The average molecular weight is 126 g/mol. The summed E-state index contributed by atoms with van der Waals surface area (Å²) in [4.78, 5) is 0. The molecule has 0 aromatic rings. The van der Waals surface area contributed by atoms with Crippen LogP contribution in [0.5, 0.6) is 0 Å². The molecule has 0 spiro atoms. The van der Waals surface area contributed by atoms with Gasteiger partial charge >= 0.3 is 0 Å². The Morgan fingerprint density at radius 1 is 1.56 bits per heavy atom. The summed E-state index contributed by atoms with van der Waals surface area (Å²) in [7, 11) is 0. The Balaban J connectivity index is 3.39. The maximum Gasteiger partial charge on any atom is 0.0291 e. The van der Waals surface area contributed by atoms with E-state index in [0.29, 0.717) is 6.54 Å². The van der Waals surface area contributed by atoms with Crippen LogP contribution in [0.2, 0.25) is 0 Å². The molecular weight excluding hydrogens is 112 g/mol. The third-order valence-corrected chi connectivity index (χ3v) is 0.998. The zero-order valence-electron chi connectivity index (χ0n) is 5.91. The number of nitrogens with one attached hydrogen (secondary N) is 1. The van der Waals surface area contributed by atoms with Crippen LogP contribution in [0, 0.1) is 0 Å². The monoisotopic (exact) mass is 126 g/mol. The molecule has 0 aromatic heterocycles. The second-order valence-corrected chi connectivity index (χ2v) is 1.97. The fourth-order valence-electron chi connectivity index (χ4n) is 0.374. The van der Waals surface area contributed by atoms with E-state index in [4.69, 9.17) is 5.73 Å². The van der Waals surface area contributed by atoms with Crippen LogP contribution in [0.4, 0.5) is 0 Å². The van der Waals surface area contributed by atoms with Gasteiger partial charge in [0, 0.05) is 18.8 Å². The lowest BCUT2D eigenvalue weighted by molar-refractivity contribution is 0.807. The highest BCUT2D eigenvalue weighted by Crippen LogP contribution is 1.96. The molecule has 0 fully saturated rings. The van der Waals surface area contributed by atoms with Gasteiger partial charge in [0.2, 0.25) is 0 Å². The molecule has 0 saturated heterocycles. The van der Waals surface area contributed by atoms with E-state index in [1.807, 2.05) is 6.92 Å². The van der Waals surface area contributed by atoms with Gasteiger partial charge in [-0.05, 0) is 12.5 Å². The second-order valence-electron chi connectivity index (χ2n) is 1.97. The molecule has 0 aliphatic carbocycles. The summed E-state index contributed by atoms with van der Waals surface area (Å²) in [6.45, 7) is 10.7. The Bertz CT molecular complexity index is 116. The largest absolute Gasteiger partial charge is 0.384 e. The van der Waals surface area contributed by atoms with Crippen molar-refractivity contribution in [3.05, 3.63) is 24.4 Å². The van der Waals surface area contributed by atoms with Crippen molar-refractivity contribution in [2.24, 2.45) is 5.73 Å². The van der Waals surface area contributed by atoms with Gasteiger partial charge < -0.3 is 11.1 Å². The smallest absolute Gasteiger partial charge is 0.0291 e. The molecule has 0 bridgehead atoms. The first kappa shape index (κ1) is 8.24. The molecule has 0 rings (SSSR count). The van der Waals surface area contributed by atoms with Crippen LogP contribution in [0.3, 0.4) is 0 Å². The molecule has 0 saturated carbocycles. The lowest BCUT2D eigenvalue weighted by atomic mass is 10.3. The van der Waals surface area contributed by atoms with Gasteiger partial charge in [0.1, 0.15) is 0 Å². The fraction of sp³-hybridized carbons (Fsp3) is 0.429. The molecule has 2 heteroatoms. The molecule has 0 aromatic carbocycles. The van der Waals surface area contributed by atoms with Gasteiger partial charge in [0.05, 0.1) is 0 Å². The summed E-state index contributed by atoms with van der Waals surface area (Å²) in [6, 6.07) is 0. The number of allylic oxidation sites excluding steroid dienone is 1. The van der Waals surface area contributed by atoms with E-state index in [-0.39, 0.29) is 0 Å². The normalized spacial score (nSPS) is 8.67. The Labute approximate surface area is 56.4 Å². The van der Waals surface area contributed by atoms with E-state index < -0.39 is 0 Å². The van der Waals surface area contributed by atoms with Crippen LogP contribution in [-0.2, 0) is 0 Å². The summed E-state index contributed by atoms with van der Waals surface area (Å²) in [6.07, 6.45) is 0. The molecular formula is C7H14N2. The average Bonchev–Trinajstić information content (AvgIpc) is 1.82. The van der Waals surface area contributed by atoms with E-state index in [1.165, 1.54) is 0 Å². The van der Waals surface area contributed by atoms with E-state index in [9.17, 15) is 0 Å². The zero-order valence-corrected chi connectivity index (χ0v) is 5.91. The first-order valence-electron chi connectivity index (χ1n) is 2.97. The zero-order chi connectivity index (χ0) is 7.28. The lowest BCUT2D eigenvalue weighted by Gasteiger charge is -2.05. The van der Waals surface area contributed by atoms with Crippen molar-refractivity contribution in [2.75, 3.05) is 13.1 Å². The fourth-order valence-corrected chi connectivity index (χ4v) is 0.374. The highest BCUT2D eigenvalue weighted by atomic mass is 14.9. The lowest BCUT2D eigenvalue weighted by Crippen LogP contribution is -2.21. The SMILES string of the molecule is C=C(C)C(=C)NCCN. The molecule has 9 heavy (non-hydrogen) atoms. The highest BCUT2D eigenvalue weighted by molar-refractivity contribution is 5.20. The van der Waals surface area contributed by atoms with Crippen LogP contribution in [0.15, 0.2) is 24.4 Å². The maximum atomic E-state index is 5.24. The van der Waals surface area contributed by atoms with Crippen LogP contribution in [0.25, 0.3) is 0 Å². The minimum atomic E-state index is 0.631. The maximum absolute atomic E-state index is 5.24. The molecule has 2 nitrogen and oxygen atoms in total. The summed E-state index contributed by atoms with van der Waals surface area (Å²) in [5, 5.41) is 3.01. The van der Waals surface area contributed by atoms with Gasteiger partial charge in [-0.25, -0.2) is 0 Å². The highest BCUT2D eigenvalue weighted by Gasteiger charge is 1.88. The van der Waals surface area contributed by atoms with Gasteiger partial charge in [0.25, 0.3) is 0 Å². The van der Waals surface area contributed by atoms with Crippen molar-refractivity contribution in [3.8, 4) is 0 Å². The van der Waals surface area contributed by atoms with E-state index in [0.717, 1.165) is 17.8 Å². The topological polar surface area (TPSA) is 38.0 Å². The van der Waals surface area contributed by atoms with Crippen molar-refractivity contribution >= 4 is 0 Å². The van der Waals surface area contributed by atoms with E-state index in [1.54, 1.807) is 0 Å². The van der Waals surface area contributed by atoms with Crippen LogP contribution < -0.4 is 11.1 Å². The van der Waals surface area contributed by atoms with Gasteiger partial charge in [-0.2, -0.15) is 0 Å². The van der Waals surface area contributed by atoms with Crippen molar-refractivity contribution in [1.82, 2.24) is 5.32 Å². The van der Waals surface area contributed by atoms with Crippen LogP contribution >= 0.6 is 0 Å². The predicted octanol–water partition coefficient (Wildman–Crippen LogP) is 0.625. The van der Waals surface area contributed by atoms with Gasteiger partial charge in [-0.15, -0.1) is 0 Å². The third kappa shape index (κ3) is 3.79. The van der Waals surface area contributed by atoms with Gasteiger partial charge in [-0.1, -0.05) is 13.2 Å². The number of rotatable bonds is 4. The molecule has 0 aliphatic heterocycles. The summed E-state index contributed by atoms with van der Waals surface area (Å²) in [5.74, 6) is 0. The second kappa shape index (κ2) is 4.15. The molecule has 0 heterocycles. The van der Waals surface area contributed by atoms with Crippen molar-refractivity contribution in [1.29, 1.82) is 0 Å². The Morgan fingerprint density at radius 3 is 2.44 bits per heavy atom. The number of hydrogen-bond acceptors (Lipinski definition) is 2. The molecule has 0 atom stereocenters. The van der Waals surface area contributed by atoms with Gasteiger partial charge in [0.15, 0.2) is 0 Å². The third-order valence-electron chi connectivity index (χ3n) is 0.998. The Kier molecular flexibility index (Phi) is 3.80. The molecule has 3 N–H and O–H groups in total. The number of hydrogen-bond donors (Lipinski definition) is 2. The van der Waals surface area contributed by atoms with Gasteiger partial charge in [-0.3, -0.25) is 0 Å². The Hall–Kier alpha value is -0.760. The summed E-state index contributed by atoms with van der Waals surface area (Å²) in [5.41, 5.74) is 7.08. The van der Waals surface area contributed by atoms with Crippen molar-refractivity contribution in [2.45, 2.75) is 6.92 Å². The minimum Gasteiger partial charge on any atom is -0.384 e. The number of nitrogens with two attached hydrogens (primary N) is 1. The van der Waals surface area contributed by atoms with Crippen molar-refractivity contribution in [3.63, 3.8) is 0 Å². The Morgan fingerprint density at radius 2 is 2.11 bits per heavy atom.